The molecule has 0 amide bonds. The summed E-state index contributed by atoms with van der Waals surface area (Å²) >= 11 is 0. The number of fused-ring (bicyclic) bond motifs is 1. The fraction of sp³-hybridized carbons (Fsp3) is 0.769. The second-order valence-corrected chi connectivity index (χ2v) is 16.7. The molecule has 0 bridgehead atoms. The minimum atomic E-state index is -3.66. The third kappa shape index (κ3) is 5.51. The first-order chi connectivity index (χ1) is 15.2. The van der Waals surface area contributed by atoms with E-state index in [1.807, 2.05) is 19.1 Å². The highest BCUT2D eigenvalue weighted by atomic mass is 32.2. The van der Waals surface area contributed by atoms with Crippen molar-refractivity contribution in [3.63, 3.8) is 0 Å². The van der Waals surface area contributed by atoms with Crippen LogP contribution < -0.4 is 0 Å². The Balaban J connectivity index is 1.56. The van der Waals surface area contributed by atoms with Gasteiger partial charge in [-0.1, -0.05) is 51.8 Å². The summed E-state index contributed by atoms with van der Waals surface area (Å²) in [6, 6.07) is 10.5. The molecule has 2 saturated carbocycles. The highest BCUT2D eigenvalue weighted by Crippen LogP contribution is 2.58. The zero-order valence-corrected chi connectivity index (χ0v) is 22.7. The minimum absolute atomic E-state index is 0.249. The van der Waals surface area contributed by atoms with Gasteiger partial charge in [-0.2, -0.15) is 8.42 Å². The SMILES string of the molecule is CC[Si](CC)(CC)OC1CCCC2(C)C(CCCOS(=O)(=O)c3ccc(C)cc3)CCC12. The van der Waals surface area contributed by atoms with Crippen molar-refractivity contribution < 1.29 is 17.0 Å². The summed E-state index contributed by atoms with van der Waals surface area (Å²) in [6.45, 7) is 11.7. The molecule has 6 heteroatoms. The van der Waals surface area contributed by atoms with E-state index in [4.69, 9.17) is 8.61 Å². The maximum Gasteiger partial charge on any atom is 0.296 e. The van der Waals surface area contributed by atoms with E-state index in [0.717, 1.165) is 18.4 Å². The summed E-state index contributed by atoms with van der Waals surface area (Å²) in [7, 11) is -5.26. The van der Waals surface area contributed by atoms with Crippen molar-refractivity contribution in [1.82, 2.24) is 0 Å². The predicted molar refractivity (Wildman–Crippen MR) is 134 cm³/mol. The molecule has 0 radical (unpaired) electrons. The highest BCUT2D eigenvalue weighted by molar-refractivity contribution is 7.86. The molecule has 182 valence electrons. The molecule has 0 heterocycles. The van der Waals surface area contributed by atoms with Crippen LogP contribution in [0.2, 0.25) is 18.1 Å². The van der Waals surface area contributed by atoms with E-state index >= 15 is 0 Å². The maximum atomic E-state index is 12.5. The predicted octanol–water partition coefficient (Wildman–Crippen LogP) is 7.09. The van der Waals surface area contributed by atoms with E-state index in [9.17, 15) is 8.42 Å². The summed E-state index contributed by atoms with van der Waals surface area (Å²) in [5, 5.41) is 0. The van der Waals surface area contributed by atoms with Gasteiger partial charge in [-0.15, -0.1) is 0 Å². The van der Waals surface area contributed by atoms with E-state index in [0.29, 0.717) is 23.4 Å². The molecule has 2 aliphatic carbocycles. The monoisotopic (exact) mass is 480 g/mol. The lowest BCUT2D eigenvalue weighted by Crippen LogP contribution is -2.48. The summed E-state index contributed by atoms with van der Waals surface area (Å²) in [6.07, 6.45) is 8.53. The Kier molecular flexibility index (Phi) is 8.67. The molecule has 0 aliphatic heterocycles. The molecule has 4 unspecified atom stereocenters. The fourth-order valence-corrected chi connectivity index (χ4v) is 10.3. The van der Waals surface area contributed by atoms with Crippen LogP contribution in [0, 0.1) is 24.2 Å². The van der Waals surface area contributed by atoms with E-state index in [1.54, 1.807) is 12.1 Å². The van der Waals surface area contributed by atoms with E-state index < -0.39 is 18.4 Å². The molecule has 0 aromatic heterocycles. The summed E-state index contributed by atoms with van der Waals surface area (Å²) in [5.41, 5.74) is 1.37. The molecule has 1 aromatic rings. The first kappa shape index (κ1) is 25.9. The topological polar surface area (TPSA) is 52.6 Å². The van der Waals surface area contributed by atoms with E-state index in [-0.39, 0.29) is 11.5 Å². The van der Waals surface area contributed by atoms with Gasteiger partial charge in [0, 0.05) is 6.10 Å². The third-order valence-electron chi connectivity index (χ3n) is 8.84. The molecule has 0 saturated heterocycles. The van der Waals surface area contributed by atoms with Crippen molar-refractivity contribution in [3.05, 3.63) is 29.8 Å². The Morgan fingerprint density at radius 2 is 1.69 bits per heavy atom. The lowest BCUT2D eigenvalue weighted by molar-refractivity contribution is -0.0108. The summed E-state index contributed by atoms with van der Waals surface area (Å²) < 4.78 is 37.3. The van der Waals surface area contributed by atoms with Crippen LogP contribution in [-0.4, -0.2) is 29.4 Å². The van der Waals surface area contributed by atoms with Crippen molar-refractivity contribution in [3.8, 4) is 0 Å². The molecule has 2 aliphatic rings. The van der Waals surface area contributed by atoms with Crippen molar-refractivity contribution in [2.75, 3.05) is 6.61 Å². The van der Waals surface area contributed by atoms with Crippen LogP contribution >= 0.6 is 0 Å². The number of hydrogen-bond donors (Lipinski definition) is 0. The smallest absolute Gasteiger partial charge is 0.296 e. The summed E-state index contributed by atoms with van der Waals surface area (Å²) in [5.74, 6) is 1.31. The van der Waals surface area contributed by atoms with Gasteiger partial charge in [0.05, 0.1) is 11.5 Å². The van der Waals surface area contributed by atoms with E-state index in [2.05, 4.69) is 27.7 Å². The van der Waals surface area contributed by atoms with Crippen LogP contribution in [-0.2, 0) is 18.7 Å². The quantitative estimate of drug-likeness (QED) is 0.193. The van der Waals surface area contributed by atoms with Gasteiger partial charge in [-0.25, -0.2) is 0 Å². The van der Waals surface area contributed by atoms with Crippen molar-refractivity contribution in [2.24, 2.45) is 17.3 Å². The Morgan fingerprint density at radius 1 is 1.03 bits per heavy atom. The molecular weight excluding hydrogens is 436 g/mol. The number of rotatable bonds is 11. The van der Waals surface area contributed by atoms with Gasteiger partial charge in [0.2, 0.25) is 0 Å². The van der Waals surface area contributed by atoms with Crippen LogP contribution in [0.15, 0.2) is 29.2 Å². The van der Waals surface area contributed by atoms with Gasteiger partial charge in [-0.05, 0) is 93.0 Å². The molecule has 3 rings (SSSR count). The fourth-order valence-electron chi connectivity index (χ4n) is 6.44. The normalized spacial score (nSPS) is 28.6. The first-order valence-corrected chi connectivity index (χ1v) is 16.8. The van der Waals surface area contributed by atoms with Crippen LogP contribution in [0.25, 0.3) is 0 Å². The standard InChI is InChI=1S/C26H44O4SSi/c1-6-32(7-2,8-3)30-25-12-9-19-26(5)22(15-18-24(25)26)11-10-20-29-31(27,28)23-16-13-21(4)14-17-23/h13-14,16-17,22,24-25H,6-12,15,18-20H2,1-5H3. The largest absolute Gasteiger partial charge is 0.414 e. The number of aryl methyl sites for hydroxylation is 1. The highest BCUT2D eigenvalue weighted by Gasteiger charge is 2.52. The molecule has 4 atom stereocenters. The zero-order valence-electron chi connectivity index (χ0n) is 20.9. The van der Waals surface area contributed by atoms with Crippen LogP contribution in [0.5, 0.6) is 0 Å². The Hall–Kier alpha value is -0.693. The average molecular weight is 481 g/mol. The maximum absolute atomic E-state index is 12.5. The number of hydrogen-bond acceptors (Lipinski definition) is 4. The Labute approximate surface area is 197 Å². The zero-order chi connectivity index (χ0) is 23.4. The molecule has 0 spiro atoms. The Bertz CT molecular complexity index is 826. The van der Waals surface area contributed by atoms with Crippen molar-refractivity contribution in [1.29, 1.82) is 0 Å². The van der Waals surface area contributed by atoms with Crippen LogP contribution in [0.4, 0.5) is 0 Å². The third-order valence-corrected chi connectivity index (χ3v) is 14.8. The molecule has 0 N–H and O–H groups in total. The van der Waals surface area contributed by atoms with Gasteiger partial charge in [0.1, 0.15) is 0 Å². The Morgan fingerprint density at radius 3 is 2.31 bits per heavy atom. The molecule has 4 nitrogen and oxygen atoms in total. The molecular formula is C26H44O4SSi. The molecule has 32 heavy (non-hydrogen) atoms. The second kappa shape index (κ2) is 10.7. The van der Waals surface area contributed by atoms with Crippen LogP contribution in [0.3, 0.4) is 0 Å². The van der Waals surface area contributed by atoms with Gasteiger partial charge >= 0.3 is 0 Å². The lowest BCUT2D eigenvalue weighted by atomic mass is 9.63. The average Bonchev–Trinajstić information content (AvgIpc) is 3.12. The molecule has 2 fully saturated rings. The van der Waals surface area contributed by atoms with Gasteiger partial charge in [0.25, 0.3) is 10.1 Å². The van der Waals surface area contributed by atoms with Crippen LogP contribution in [0.1, 0.15) is 78.2 Å². The van der Waals surface area contributed by atoms with E-state index in [1.165, 1.54) is 50.2 Å². The summed E-state index contributed by atoms with van der Waals surface area (Å²) in [4.78, 5) is 0.249. The van der Waals surface area contributed by atoms with Gasteiger partial charge in [-0.3, -0.25) is 4.18 Å². The van der Waals surface area contributed by atoms with Crippen molar-refractivity contribution in [2.45, 2.75) is 109 Å². The lowest BCUT2D eigenvalue weighted by Gasteiger charge is -2.47. The first-order valence-electron chi connectivity index (χ1n) is 12.8. The molecule has 1 aromatic carbocycles. The number of benzene rings is 1. The second-order valence-electron chi connectivity index (χ2n) is 10.4. The minimum Gasteiger partial charge on any atom is -0.414 e. The van der Waals surface area contributed by atoms with Gasteiger partial charge < -0.3 is 4.43 Å². The van der Waals surface area contributed by atoms with Crippen molar-refractivity contribution >= 4 is 18.4 Å². The van der Waals surface area contributed by atoms with Gasteiger partial charge in [0.15, 0.2) is 8.32 Å².